The molecule has 0 unspecified atom stereocenters. The molecule has 2 N–H and O–H groups in total. The van der Waals surface area contributed by atoms with E-state index in [1.807, 2.05) is 24.3 Å². The molecule has 0 radical (unpaired) electrons. The fraction of sp³-hybridized carbons (Fsp3) is 0. The molecule has 1 aromatic heterocycles. The number of para-hydroxylation sites is 2. The summed E-state index contributed by atoms with van der Waals surface area (Å²) in [5, 5.41) is 11.0. The molecule has 5 rings (SSSR count). The van der Waals surface area contributed by atoms with Crippen molar-refractivity contribution in [1.29, 1.82) is 0 Å². The number of anilines is 1. The molecule has 140 valence electrons. The molecule has 0 aliphatic carbocycles. The number of rotatable bonds is 3. The summed E-state index contributed by atoms with van der Waals surface area (Å²) in [5.74, 6) is -0.265. The number of amides is 2. The van der Waals surface area contributed by atoms with Gasteiger partial charge in [0.2, 0.25) is 0 Å². The molecular weight excluding hydrogens is 372 g/mol. The number of nitro benzene ring substituents is 1. The van der Waals surface area contributed by atoms with Crippen LogP contribution in [0.1, 0.15) is 20.7 Å². The minimum Gasteiger partial charge on any atom is -0.268 e. The molecule has 8 heteroatoms. The number of nitrogens with one attached hydrogen (secondary N) is 2. The molecule has 0 spiro atoms. The zero-order chi connectivity index (χ0) is 20.1. The molecular formula is C21H13N4O4+. The highest BCUT2D eigenvalue weighted by atomic mass is 16.6. The standard InChI is InChI=1S/C21H12N4O4/c26-20-15-10-9-14(25(28)29)11-16(15)21(27)24(20)13-7-5-12(6-8-13)19-22-17-3-1-2-4-18(17)23-19/h1-11H,(H,22,23)/p+1. The highest BCUT2D eigenvalue weighted by Gasteiger charge is 2.37. The Morgan fingerprint density at radius 2 is 1.62 bits per heavy atom. The Morgan fingerprint density at radius 3 is 2.34 bits per heavy atom. The number of hydrogen-bond donors (Lipinski definition) is 1. The summed E-state index contributed by atoms with van der Waals surface area (Å²) < 4.78 is 0. The van der Waals surface area contributed by atoms with Crippen LogP contribution in [-0.2, 0) is 0 Å². The minimum atomic E-state index is -0.591. The number of non-ortho nitro benzene ring substituents is 1. The summed E-state index contributed by atoms with van der Waals surface area (Å²) in [4.78, 5) is 43.4. The Kier molecular flexibility index (Phi) is 3.53. The summed E-state index contributed by atoms with van der Waals surface area (Å²) in [6, 6.07) is 18.4. The van der Waals surface area contributed by atoms with Gasteiger partial charge in [-0.05, 0) is 42.5 Å². The van der Waals surface area contributed by atoms with E-state index in [0.717, 1.165) is 33.4 Å². The quantitative estimate of drug-likeness (QED) is 0.331. The number of imide groups is 1. The lowest BCUT2D eigenvalue weighted by Gasteiger charge is -2.13. The van der Waals surface area contributed by atoms with Gasteiger partial charge in [0.15, 0.2) is 11.0 Å². The molecule has 1 aliphatic rings. The zero-order valence-corrected chi connectivity index (χ0v) is 14.9. The minimum absolute atomic E-state index is 0.0391. The van der Waals surface area contributed by atoms with Crippen molar-refractivity contribution in [1.82, 2.24) is 4.98 Å². The number of H-pyrrole nitrogens is 2. The summed E-state index contributed by atoms with van der Waals surface area (Å²) in [6.07, 6.45) is 0. The summed E-state index contributed by atoms with van der Waals surface area (Å²) in [6.45, 7) is 0. The van der Waals surface area contributed by atoms with Crippen molar-refractivity contribution in [3.63, 3.8) is 0 Å². The van der Waals surface area contributed by atoms with E-state index in [2.05, 4.69) is 9.97 Å². The Morgan fingerprint density at radius 1 is 0.897 bits per heavy atom. The fourth-order valence-electron chi connectivity index (χ4n) is 3.50. The predicted octanol–water partition coefficient (Wildman–Crippen LogP) is 3.36. The number of fused-ring (bicyclic) bond motifs is 2. The molecule has 1 aliphatic heterocycles. The van der Waals surface area contributed by atoms with E-state index in [-0.39, 0.29) is 16.8 Å². The molecule has 4 aromatic rings. The second-order valence-electron chi connectivity index (χ2n) is 6.65. The largest absolute Gasteiger partial charge is 0.285 e. The number of carbonyl (C=O) groups is 2. The maximum atomic E-state index is 12.7. The fourth-order valence-corrected chi connectivity index (χ4v) is 3.50. The first-order chi connectivity index (χ1) is 14.0. The highest BCUT2D eigenvalue weighted by Crippen LogP contribution is 2.31. The van der Waals surface area contributed by atoms with Gasteiger partial charge in [0, 0.05) is 12.1 Å². The number of benzene rings is 3. The van der Waals surface area contributed by atoms with Gasteiger partial charge in [0.25, 0.3) is 23.3 Å². The van der Waals surface area contributed by atoms with E-state index in [1.165, 1.54) is 12.1 Å². The highest BCUT2D eigenvalue weighted by molar-refractivity contribution is 6.34. The van der Waals surface area contributed by atoms with E-state index in [9.17, 15) is 19.7 Å². The maximum absolute atomic E-state index is 12.7. The first-order valence-electron chi connectivity index (χ1n) is 8.80. The van der Waals surface area contributed by atoms with Crippen molar-refractivity contribution < 1.29 is 19.5 Å². The van der Waals surface area contributed by atoms with Crippen molar-refractivity contribution in [2.45, 2.75) is 0 Å². The Labute approximate surface area is 163 Å². The lowest BCUT2D eigenvalue weighted by atomic mass is 10.1. The molecule has 3 aromatic carbocycles. The first kappa shape index (κ1) is 16.8. The third kappa shape index (κ3) is 2.58. The van der Waals surface area contributed by atoms with Gasteiger partial charge in [-0.25, -0.2) is 14.9 Å². The van der Waals surface area contributed by atoms with Crippen LogP contribution in [0.15, 0.2) is 66.7 Å². The van der Waals surface area contributed by atoms with Crippen LogP contribution in [0.25, 0.3) is 22.4 Å². The first-order valence-corrected chi connectivity index (χ1v) is 8.80. The number of carbonyl (C=O) groups excluding carboxylic acids is 2. The van der Waals surface area contributed by atoms with Crippen LogP contribution in [0.2, 0.25) is 0 Å². The van der Waals surface area contributed by atoms with Crippen molar-refractivity contribution >= 4 is 34.2 Å². The maximum Gasteiger partial charge on any atom is 0.285 e. The van der Waals surface area contributed by atoms with Crippen LogP contribution in [0.5, 0.6) is 0 Å². The number of aromatic nitrogens is 2. The summed E-state index contributed by atoms with van der Waals surface area (Å²) >= 11 is 0. The molecule has 8 nitrogen and oxygen atoms in total. The van der Waals surface area contributed by atoms with E-state index in [4.69, 9.17) is 0 Å². The van der Waals surface area contributed by atoms with Gasteiger partial charge >= 0.3 is 0 Å². The van der Waals surface area contributed by atoms with Crippen LogP contribution in [0.3, 0.4) is 0 Å². The topological polar surface area (TPSA) is 110 Å². The Bertz CT molecular complexity index is 1290. The molecule has 2 heterocycles. The zero-order valence-electron chi connectivity index (χ0n) is 14.9. The van der Waals surface area contributed by atoms with E-state index in [1.54, 1.807) is 24.3 Å². The molecule has 0 bridgehead atoms. The SMILES string of the molecule is O=C1c2ccc([N+](=O)[O-])cc2C(=O)N1c1ccc(-c2[nH]c3ccccc3[nH+]2)cc1. The van der Waals surface area contributed by atoms with Gasteiger partial charge in [-0.3, -0.25) is 19.7 Å². The van der Waals surface area contributed by atoms with Gasteiger partial charge in [-0.1, -0.05) is 12.1 Å². The van der Waals surface area contributed by atoms with E-state index in [0.29, 0.717) is 5.69 Å². The van der Waals surface area contributed by atoms with Gasteiger partial charge in [0.05, 0.1) is 27.3 Å². The van der Waals surface area contributed by atoms with Crippen molar-refractivity contribution in [2.24, 2.45) is 0 Å². The normalized spacial score (nSPS) is 13.2. The number of aromatic amines is 2. The van der Waals surface area contributed by atoms with Gasteiger partial charge in [-0.15, -0.1) is 0 Å². The number of nitrogens with zero attached hydrogens (tertiary/aromatic N) is 2. The third-order valence-electron chi connectivity index (χ3n) is 4.94. The van der Waals surface area contributed by atoms with Crippen molar-refractivity contribution in [2.75, 3.05) is 4.90 Å². The van der Waals surface area contributed by atoms with Gasteiger partial charge in [0.1, 0.15) is 0 Å². The molecule has 29 heavy (non-hydrogen) atoms. The Balaban J connectivity index is 1.49. The van der Waals surface area contributed by atoms with Crippen LogP contribution < -0.4 is 9.88 Å². The molecule has 0 saturated carbocycles. The second kappa shape index (κ2) is 6.10. The second-order valence-corrected chi connectivity index (χ2v) is 6.65. The van der Waals surface area contributed by atoms with Gasteiger partial charge < -0.3 is 0 Å². The molecule has 0 saturated heterocycles. The van der Waals surface area contributed by atoms with Crippen LogP contribution in [0, 0.1) is 10.1 Å². The molecule has 2 amide bonds. The summed E-state index contributed by atoms with van der Waals surface area (Å²) in [7, 11) is 0. The number of nitro groups is 1. The average Bonchev–Trinajstić information content (AvgIpc) is 3.27. The van der Waals surface area contributed by atoms with Crippen LogP contribution >= 0.6 is 0 Å². The molecule has 0 fully saturated rings. The summed E-state index contributed by atoms with van der Waals surface area (Å²) in [5.41, 5.74) is 3.17. The van der Waals surface area contributed by atoms with E-state index >= 15 is 0 Å². The Hall–Kier alpha value is -4.33. The number of imidazole rings is 1. The van der Waals surface area contributed by atoms with Crippen LogP contribution in [0.4, 0.5) is 11.4 Å². The third-order valence-corrected chi connectivity index (χ3v) is 4.94. The lowest BCUT2D eigenvalue weighted by Crippen LogP contribution is -2.29. The smallest absolute Gasteiger partial charge is 0.268 e. The lowest BCUT2D eigenvalue weighted by molar-refractivity contribution is -0.384. The average molecular weight is 385 g/mol. The van der Waals surface area contributed by atoms with Crippen molar-refractivity contribution in [3.05, 3.63) is 88.0 Å². The number of hydrogen-bond acceptors (Lipinski definition) is 4. The predicted molar refractivity (Wildman–Crippen MR) is 105 cm³/mol. The van der Waals surface area contributed by atoms with Gasteiger partial charge in [-0.2, -0.15) is 0 Å². The van der Waals surface area contributed by atoms with E-state index < -0.39 is 16.7 Å². The monoisotopic (exact) mass is 385 g/mol. The van der Waals surface area contributed by atoms with Crippen LogP contribution in [-0.4, -0.2) is 21.7 Å². The van der Waals surface area contributed by atoms with Crippen molar-refractivity contribution in [3.8, 4) is 11.4 Å². The molecule has 0 atom stereocenters.